The van der Waals surface area contributed by atoms with Crippen LogP contribution >= 0.6 is 0 Å². The highest BCUT2D eigenvalue weighted by Gasteiger charge is 2.26. The molecule has 1 unspecified atom stereocenters. The Kier molecular flexibility index (Phi) is 8.72. The molecule has 0 bridgehead atoms. The predicted octanol–water partition coefficient (Wildman–Crippen LogP) is 7.02. The lowest BCUT2D eigenvalue weighted by molar-refractivity contribution is -0.112. The Labute approximate surface area is 206 Å². The fourth-order valence-electron chi connectivity index (χ4n) is 4.36. The molecular weight excluding hydrogens is 446 g/mol. The van der Waals surface area contributed by atoms with Gasteiger partial charge in [0.2, 0.25) is 0 Å². The molecule has 0 aromatic carbocycles. The Morgan fingerprint density at radius 1 is 1.29 bits per heavy atom. The van der Waals surface area contributed by atoms with Gasteiger partial charge in [-0.25, -0.2) is 13.8 Å². The summed E-state index contributed by atoms with van der Waals surface area (Å²) >= 11 is 0. The minimum atomic E-state index is -0.831. The Hall–Kier alpha value is -3.57. The number of carbonyl (C=O) groups is 1. The van der Waals surface area contributed by atoms with Crippen molar-refractivity contribution in [2.45, 2.75) is 52.9 Å². The van der Waals surface area contributed by atoms with E-state index in [1.165, 1.54) is 22.8 Å². The molecule has 1 aromatic rings. The summed E-state index contributed by atoms with van der Waals surface area (Å²) in [7, 11) is 1.84. The molecule has 7 heteroatoms. The normalized spacial score (nSPS) is 20.3. The second-order valence-electron chi connectivity index (χ2n) is 9.07. The highest BCUT2D eigenvalue weighted by Crippen LogP contribution is 2.34. The van der Waals surface area contributed by atoms with Crippen molar-refractivity contribution in [2.75, 3.05) is 12.4 Å². The van der Waals surface area contributed by atoms with E-state index in [9.17, 15) is 13.6 Å². The highest BCUT2D eigenvalue weighted by atomic mass is 19.1. The van der Waals surface area contributed by atoms with Gasteiger partial charge in [0.15, 0.2) is 0 Å². The van der Waals surface area contributed by atoms with Gasteiger partial charge in [-0.05, 0) is 80.9 Å². The van der Waals surface area contributed by atoms with Crippen molar-refractivity contribution in [2.24, 2.45) is 11.0 Å². The summed E-state index contributed by atoms with van der Waals surface area (Å²) < 4.78 is 28.3. The number of pyridine rings is 1. The number of amides is 1. The quantitative estimate of drug-likeness (QED) is 0.272. The Bertz CT molecular complexity index is 1180. The number of hydrogen-bond acceptors (Lipinski definition) is 4. The number of rotatable bonds is 6. The third kappa shape index (κ3) is 6.96. The monoisotopic (exact) mass is 478 g/mol. The lowest BCUT2D eigenvalue weighted by Crippen LogP contribution is -2.19. The first-order valence-electron chi connectivity index (χ1n) is 11.7. The van der Waals surface area contributed by atoms with Crippen LogP contribution < -0.4 is 5.32 Å². The fourth-order valence-corrected chi connectivity index (χ4v) is 4.36. The van der Waals surface area contributed by atoms with Gasteiger partial charge in [-0.2, -0.15) is 5.10 Å². The number of nitrogens with one attached hydrogen (secondary N) is 1. The van der Waals surface area contributed by atoms with Crippen LogP contribution in [0, 0.1) is 5.92 Å². The molecule has 5 nitrogen and oxygen atoms in total. The van der Waals surface area contributed by atoms with Crippen LogP contribution in [0.5, 0.6) is 0 Å². The summed E-state index contributed by atoms with van der Waals surface area (Å²) in [6.07, 6.45) is 10.5. The number of halogens is 2. The summed E-state index contributed by atoms with van der Waals surface area (Å²) in [5.41, 5.74) is 7.91. The van der Waals surface area contributed by atoms with E-state index in [1.54, 1.807) is 30.4 Å². The standard InChI is InChI=1S/C28H32F2N4O/c1-6-13-34(5)33-20(4)16-21-8-7-19(3)23(11-9-21)22-10-12-26(31-17-22)32-28(35)27-24(29)14-18(2)15-25(27)30/h10,12-14,16-18H,1,7-9,11,15H2,2-5H3,(H,31,32,35). The van der Waals surface area contributed by atoms with Gasteiger partial charge in [0, 0.05) is 19.7 Å². The molecule has 2 aliphatic rings. The first-order valence-corrected chi connectivity index (χ1v) is 11.7. The van der Waals surface area contributed by atoms with Gasteiger partial charge in [-0.1, -0.05) is 24.6 Å². The molecule has 0 saturated heterocycles. The average molecular weight is 479 g/mol. The van der Waals surface area contributed by atoms with Gasteiger partial charge in [0.25, 0.3) is 5.91 Å². The molecule has 0 spiro atoms. The number of carbonyl (C=O) groups excluding carboxylic acids is 1. The maximum absolute atomic E-state index is 14.2. The van der Waals surface area contributed by atoms with Gasteiger partial charge in [-0.15, -0.1) is 5.73 Å². The van der Waals surface area contributed by atoms with E-state index in [0.29, 0.717) is 0 Å². The fraction of sp³-hybridized carbons (Fsp3) is 0.357. The van der Waals surface area contributed by atoms with Crippen LogP contribution in [0.1, 0.15) is 58.4 Å². The van der Waals surface area contributed by atoms with E-state index in [0.717, 1.165) is 37.0 Å². The number of nitrogens with zero attached hydrogens (tertiary/aromatic N) is 3. The SMILES string of the molecule is C=C=CN(C)N=C(C)C=C1CCC(C)=C(c2ccc(NC(=O)C3=C(F)CC(C)C=C3F)nc2)CC1. The summed E-state index contributed by atoms with van der Waals surface area (Å²) in [6, 6.07) is 3.56. The number of hydrazone groups is 1. The summed E-state index contributed by atoms with van der Waals surface area (Å²) in [4.78, 5) is 16.8. The van der Waals surface area contributed by atoms with E-state index in [2.05, 4.69) is 40.7 Å². The second-order valence-corrected chi connectivity index (χ2v) is 9.07. The zero-order chi connectivity index (χ0) is 25.5. The minimum absolute atomic E-state index is 0.0142. The van der Waals surface area contributed by atoms with Crippen LogP contribution in [-0.2, 0) is 4.79 Å². The average Bonchev–Trinajstić information content (AvgIpc) is 2.95. The predicted molar refractivity (Wildman–Crippen MR) is 138 cm³/mol. The third-order valence-electron chi connectivity index (χ3n) is 6.06. The summed E-state index contributed by atoms with van der Waals surface area (Å²) in [6.45, 7) is 9.36. The topological polar surface area (TPSA) is 57.6 Å². The van der Waals surface area contributed by atoms with Crippen LogP contribution in [-0.4, -0.2) is 28.7 Å². The molecule has 184 valence electrons. The van der Waals surface area contributed by atoms with Crippen LogP contribution in [0.3, 0.4) is 0 Å². The van der Waals surface area contributed by atoms with Crippen molar-refractivity contribution < 1.29 is 13.6 Å². The van der Waals surface area contributed by atoms with Gasteiger partial charge in [-0.3, -0.25) is 9.80 Å². The van der Waals surface area contributed by atoms with Gasteiger partial charge < -0.3 is 5.32 Å². The van der Waals surface area contributed by atoms with Gasteiger partial charge >= 0.3 is 0 Å². The number of anilines is 1. The maximum atomic E-state index is 14.2. The van der Waals surface area contributed by atoms with E-state index in [-0.39, 0.29) is 18.2 Å². The molecule has 3 rings (SSSR count). The van der Waals surface area contributed by atoms with Gasteiger partial charge in [0.1, 0.15) is 23.0 Å². The number of hydrogen-bond donors (Lipinski definition) is 1. The summed E-state index contributed by atoms with van der Waals surface area (Å²) in [5, 5.41) is 8.67. The first kappa shape index (κ1) is 26.0. The van der Waals surface area contributed by atoms with E-state index in [1.807, 2.05) is 20.0 Å². The Morgan fingerprint density at radius 3 is 2.69 bits per heavy atom. The maximum Gasteiger partial charge on any atom is 0.262 e. The molecule has 0 fully saturated rings. The molecule has 1 N–H and O–H groups in total. The largest absolute Gasteiger partial charge is 0.306 e. The van der Waals surface area contributed by atoms with Crippen LogP contribution in [0.25, 0.3) is 5.57 Å². The minimum Gasteiger partial charge on any atom is -0.306 e. The molecule has 0 aliphatic heterocycles. The number of aromatic nitrogens is 1. The molecule has 0 radical (unpaired) electrons. The van der Waals surface area contributed by atoms with Crippen LogP contribution in [0.4, 0.5) is 14.6 Å². The Morgan fingerprint density at radius 2 is 2.03 bits per heavy atom. The lowest BCUT2D eigenvalue weighted by Gasteiger charge is -2.16. The van der Waals surface area contributed by atoms with E-state index >= 15 is 0 Å². The van der Waals surface area contributed by atoms with Crippen LogP contribution in [0.2, 0.25) is 0 Å². The molecule has 1 amide bonds. The zero-order valence-electron chi connectivity index (χ0n) is 20.8. The zero-order valence-corrected chi connectivity index (χ0v) is 20.8. The smallest absolute Gasteiger partial charge is 0.262 e. The first-order chi connectivity index (χ1) is 16.7. The lowest BCUT2D eigenvalue weighted by atomic mass is 9.96. The molecule has 2 aliphatic carbocycles. The third-order valence-corrected chi connectivity index (χ3v) is 6.06. The van der Waals surface area contributed by atoms with Crippen LogP contribution in [0.15, 0.2) is 82.5 Å². The van der Waals surface area contributed by atoms with Crippen molar-refractivity contribution in [3.8, 4) is 0 Å². The van der Waals surface area contributed by atoms with Crippen molar-refractivity contribution in [1.29, 1.82) is 0 Å². The van der Waals surface area contributed by atoms with Crippen molar-refractivity contribution >= 4 is 23.0 Å². The Balaban J connectivity index is 1.68. The van der Waals surface area contributed by atoms with Crippen molar-refractivity contribution in [3.63, 3.8) is 0 Å². The number of allylic oxidation sites excluding steroid dienone is 6. The second kappa shape index (κ2) is 11.7. The molecular formula is C28H32F2N4O. The van der Waals surface area contributed by atoms with Crippen molar-refractivity contribution in [1.82, 2.24) is 9.99 Å². The van der Waals surface area contributed by atoms with Gasteiger partial charge in [0.05, 0.1) is 11.9 Å². The highest BCUT2D eigenvalue weighted by molar-refractivity contribution is 6.06. The van der Waals surface area contributed by atoms with E-state index in [4.69, 9.17) is 0 Å². The van der Waals surface area contributed by atoms with E-state index < -0.39 is 23.1 Å². The van der Waals surface area contributed by atoms with Crippen molar-refractivity contribution in [3.05, 3.63) is 82.9 Å². The molecule has 1 heterocycles. The molecule has 1 aromatic heterocycles. The molecule has 35 heavy (non-hydrogen) atoms. The molecule has 1 atom stereocenters. The molecule has 0 saturated carbocycles. The summed E-state index contributed by atoms with van der Waals surface area (Å²) in [5.74, 6) is -2.42.